The van der Waals surface area contributed by atoms with E-state index in [1.54, 1.807) is 12.2 Å². The van der Waals surface area contributed by atoms with E-state index >= 15 is 0 Å². The fourth-order valence-corrected chi connectivity index (χ4v) is 2.24. The van der Waals surface area contributed by atoms with Crippen LogP contribution in [0, 0.1) is 0 Å². The maximum atomic E-state index is 11.5. The van der Waals surface area contributed by atoms with Crippen LogP contribution in [0.4, 0.5) is 0 Å². The van der Waals surface area contributed by atoms with Gasteiger partial charge in [-0.15, -0.1) is 0 Å². The first-order valence-electron chi connectivity index (χ1n) is 5.47. The molecule has 0 spiro atoms. The second kappa shape index (κ2) is 5.99. The van der Waals surface area contributed by atoms with E-state index < -0.39 is 0 Å². The Morgan fingerprint density at radius 1 is 1.42 bits per heavy atom. The number of hydrogen-bond acceptors (Lipinski definition) is 3. The fraction of sp³-hybridized carbons (Fsp3) is 0.0769. The molecule has 0 radical (unpaired) electrons. The first-order valence-corrected chi connectivity index (χ1v) is 6.67. The molecule has 1 saturated heterocycles. The molecule has 1 heterocycles. The van der Waals surface area contributed by atoms with E-state index in [4.69, 9.17) is 17.0 Å². The topological polar surface area (TPSA) is 50.4 Å². The van der Waals surface area contributed by atoms with Crippen LogP contribution in [0.3, 0.4) is 0 Å². The van der Waals surface area contributed by atoms with E-state index in [0.29, 0.717) is 17.4 Å². The Labute approximate surface area is 124 Å². The summed E-state index contributed by atoms with van der Waals surface area (Å²) in [6.07, 6.45) is 3.40. The van der Waals surface area contributed by atoms with Crippen molar-refractivity contribution < 1.29 is 9.53 Å². The molecule has 0 saturated carbocycles. The van der Waals surface area contributed by atoms with Gasteiger partial charge in [0.2, 0.25) is 0 Å². The van der Waals surface area contributed by atoms with Gasteiger partial charge < -0.3 is 10.1 Å². The predicted octanol–water partition coefficient (Wildman–Crippen LogP) is 2.36. The zero-order valence-corrected chi connectivity index (χ0v) is 12.3. The summed E-state index contributed by atoms with van der Waals surface area (Å²) in [5.41, 5.74) is 1.29. The Balaban J connectivity index is 2.20. The van der Waals surface area contributed by atoms with Gasteiger partial charge in [-0.2, -0.15) is 0 Å². The molecule has 0 aromatic heterocycles. The number of nitrogens with one attached hydrogen (secondary N) is 2. The number of carbonyl (C=O) groups excluding carboxylic acids is 1. The minimum atomic E-state index is -0.229. The molecule has 0 unspecified atom stereocenters. The number of ether oxygens (including phenoxy) is 1. The summed E-state index contributed by atoms with van der Waals surface area (Å²) in [6.45, 7) is 4.03. The van der Waals surface area contributed by atoms with E-state index in [1.807, 2.05) is 18.2 Å². The van der Waals surface area contributed by atoms with Gasteiger partial charge >= 0.3 is 0 Å². The van der Waals surface area contributed by atoms with Crippen molar-refractivity contribution in [3.63, 3.8) is 0 Å². The van der Waals surface area contributed by atoms with Crippen molar-refractivity contribution in [2.75, 3.05) is 6.61 Å². The third-order valence-corrected chi connectivity index (χ3v) is 3.17. The van der Waals surface area contributed by atoms with E-state index in [-0.39, 0.29) is 5.91 Å². The summed E-state index contributed by atoms with van der Waals surface area (Å²) < 4.78 is 6.26. The van der Waals surface area contributed by atoms with Crippen LogP contribution in [0.2, 0.25) is 0 Å². The van der Waals surface area contributed by atoms with Gasteiger partial charge in [0.05, 0.1) is 4.47 Å². The maximum absolute atomic E-state index is 11.5. The summed E-state index contributed by atoms with van der Waals surface area (Å²) in [6, 6.07) is 5.54. The van der Waals surface area contributed by atoms with Gasteiger partial charge in [0.25, 0.3) is 5.91 Å². The van der Waals surface area contributed by atoms with E-state index in [2.05, 4.69) is 33.1 Å². The van der Waals surface area contributed by atoms with Gasteiger partial charge in [0.15, 0.2) is 5.11 Å². The molecule has 6 heteroatoms. The van der Waals surface area contributed by atoms with Crippen molar-refractivity contribution in [1.29, 1.82) is 0 Å². The van der Waals surface area contributed by atoms with Crippen LogP contribution in [0.25, 0.3) is 6.08 Å². The Kier molecular flexibility index (Phi) is 4.34. The van der Waals surface area contributed by atoms with Gasteiger partial charge in [-0.1, -0.05) is 18.7 Å². The summed E-state index contributed by atoms with van der Waals surface area (Å²) in [5, 5.41) is 5.62. The number of amides is 1. The lowest BCUT2D eigenvalue weighted by Crippen LogP contribution is -2.21. The number of benzene rings is 1. The van der Waals surface area contributed by atoms with Gasteiger partial charge in [-0.25, -0.2) is 0 Å². The Morgan fingerprint density at radius 2 is 2.21 bits per heavy atom. The second-order valence-corrected chi connectivity index (χ2v) is 5.02. The molecular formula is C13H11BrN2O2S. The molecule has 19 heavy (non-hydrogen) atoms. The molecular weight excluding hydrogens is 328 g/mol. The van der Waals surface area contributed by atoms with Crippen molar-refractivity contribution in [3.05, 3.63) is 46.6 Å². The highest BCUT2D eigenvalue weighted by Crippen LogP contribution is 2.27. The Hall–Kier alpha value is -1.66. The Bertz CT molecular complexity index is 584. The van der Waals surface area contributed by atoms with Crippen LogP contribution in [0.1, 0.15) is 5.56 Å². The van der Waals surface area contributed by atoms with Crippen LogP contribution in [-0.4, -0.2) is 17.6 Å². The minimum absolute atomic E-state index is 0.229. The SMILES string of the molecule is C=CCOc1ccc(/C=C2/NC(=S)NC2=O)cc1Br. The van der Waals surface area contributed by atoms with Crippen molar-refractivity contribution in [1.82, 2.24) is 10.6 Å². The average molecular weight is 339 g/mol. The lowest BCUT2D eigenvalue weighted by atomic mass is 10.2. The van der Waals surface area contributed by atoms with E-state index in [1.165, 1.54) is 0 Å². The van der Waals surface area contributed by atoms with E-state index in [0.717, 1.165) is 15.8 Å². The molecule has 0 aliphatic carbocycles. The van der Waals surface area contributed by atoms with Gasteiger partial charge in [0, 0.05) is 0 Å². The lowest BCUT2D eigenvalue weighted by Gasteiger charge is -2.06. The monoisotopic (exact) mass is 338 g/mol. The third-order valence-electron chi connectivity index (χ3n) is 2.34. The largest absolute Gasteiger partial charge is 0.488 e. The first kappa shape index (κ1) is 13.8. The molecule has 1 fully saturated rings. The minimum Gasteiger partial charge on any atom is -0.488 e. The van der Waals surface area contributed by atoms with Crippen LogP contribution in [0.15, 0.2) is 41.0 Å². The number of rotatable bonds is 4. The Morgan fingerprint density at radius 3 is 2.79 bits per heavy atom. The second-order valence-electron chi connectivity index (χ2n) is 3.76. The third kappa shape index (κ3) is 3.42. The fourth-order valence-electron chi connectivity index (χ4n) is 1.52. The van der Waals surface area contributed by atoms with Gasteiger partial charge in [0.1, 0.15) is 18.1 Å². The number of hydrogen-bond donors (Lipinski definition) is 2. The molecule has 4 nitrogen and oxygen atoms in total. The number of halogens is 1. The van der Waals surface area contributed by atoms with Crippen molar-refractivity contribution >= 4 is 45.2 Å². The number of carbonyl (C=O) groups is 1. The standard InChI is InChI=1S/C13H11BrN2O2S/c1-2-5-18-11-4-3-8(6-9(11)14)7-10-12(17)16-13(19)15-10/h2-4,6-7H,1,5H2,(H2,15,16,17,19)/b10-7+. The molecule has 98 valence electrons. The highest BCUT2D eigenvalue weighted by atomic mass is 79.9. The molecule has 1 aromatic rings. The van der Waals surface area contributed by atoms with Crippen LogP contribution >= 0.6 is 28.1 Å². The maximum Gasteiger partial charge on any atom is 0.273 e. The first-order chi connectivity index (χ1) is 9.10. The predicted molar refractivity (Wildman–Crippen MR) is 81.7 cm³/mol. The zero-order chi connectivity index (χ0) is 13.8. The molecule has 1 aliphatic heterocycles. The molecule has 1 amide bonds. The molecule has 1 aromatic carbocycles. The zero-order valence-electron chi connectivity index (χ0n) is 9.90. The van der Waals surface area contributed by atoms with Gasteiger partial charge in [-0.05, 0) is 51.9 Å². The number of thiocarbonyl (C=S) groups is 1. The highest BCUT2D eigenvalue weighted by Gasteiger charge is 2.19. The summed E-state index contributed by atoms with van der Waals surface area (Å²) in [7, 11) is 0. The van der Waals surface area contributed by atoms with E-state index in [9.17, 15) is 4.79 Å². The lowest BCUT2D eigenvalue weighted by molar-refractivity contribution is -0.115. The average Bonchev–Trinajstić information content (AvgIpc) is 2.67. The molecule has 2 N–H and O–H groups in total. The quantitative estimate of drug-likeness (QED) is 0.502. The van der Waals surface area contributed by atoms with Gasteiger partial charge in [-0.3, -0.25) is 10.1 Å². The van der Waals surface area contributed by atoms with Crippen LogP contribution in [-0.2, 0) is 4.79 Å². The van der Waals surface area contributed by atoms with Crippen molar-refractivity contribution in [3.8, 4) is 5.75 Å². The molecule has 1 aliphatic rings. The summed E-state index contributed by atoms with van der Waals surface area (Å²) in [5.74, 6) is 0.495. The van der Waals surface area contributed by atoms with Crippen molar-refractivity contribution in [2.45, 2.75) is 0 Å². The smallest absolute Gasteiger partial charge is 0.273 e. The highest BCUT2D eigenvalue weighted by molar-refractivity contribution is 9.10. The summed E-state index contributed by atoms with van der Waals surface area (Å²) in [4.78, 5) is 11.5. The molecule has 0 atom stereocenters. The summed E-state index contributed by atoms with van der Waals surface area (Å²) >= 11 is 8.28. The molecule has 2 rings (SSSR count). The molecule has 0 bridgehead atoms. The van der Waals surface area contributed by atoms with Crippen molar-refractivity contribution in [2.24, 2.45) is 0 Å². The van der Waals surface area contributed by atoms with Crippen LogP contribution < -0.4 is 15.4 Å². The van der Waals surface area contributed by atoms with Crippen LogP contribution in [0.5, 0.6) is 5.75 Å². The normalized spacial score (nSPS) is 16.2.